The fourth-order valence-corrected chi connectivity index (χ4v) is 2.38. The molecule has 0 aliphatic heterocycles. The molecule has 8 heteroatoms. The SMILES string of the molecule is C[C@@H](Oc1cccc(C#N)c1)C(=O)Nc1ccc(S(N)(=O)=O)cc1. The van der Waals surface area contributed by atoms with Crippen LogP contribution in [0.3, 0.4) is 0 Å². The second kappa shape index (κ2) is 7.12. The molecule has 0 aromatic heterocycles. The second-order valence-electron chi connectivity index (χ2n) is 4.96. The van der Waals surface area contributed by atoms with Gasteiger partial charge < -0.3 is 10.1 Å². The predicted octanol–water partition coefficient (Wildman–Crippen LogP) is 1.61. The third-order valence-electron chi connectivity index (χ3n) is 3.10. The summed E-state index contributed by atoms with van der Waals surface area (Å²) in [7, 11) is -3.78. The van der Waals surface area contributed by atoms with Gasteiger partial charge in [-0.15, -0.1) is 0 Å². The van der Waals surface area contributed by atoms with E-state index in [9.17, 15) is 13.2 Å². The first kappa shape index (κ1) is 17.5. The van der Waals surface area contributed by atoms with Gasteiger partial charge in [-0.25, -0.2) is 13.6 Å². The van der Waals surface area contributed by atoms with Gasteiger partial charge in [0.2, 0.25) is 10.0 Å². The van der Waals surface area contributed by atoms with Crippen molar-refractivity contribution in [2.24, 2.45) is 5.14 Å². The highest BCUT2D eigenvalue weighted by molar-refractivity contribution is 7.89. The third kappa shape index (κ3) is 4.55. The minimum atomic E-state index is -3.78. The maximum atomic E-state index is 12.1. The first-order valence-corrected chi connectivity index (χ1v) is 8.45. The van der Waals surface area contributed by atoms with Gasteiger partial charge in [-0.05, 0) is 49.4 Å². The number of rotatable bonds is 5. The van der Waals surface area contributed by atoms with Crippen LogP contribution in [0.25, 0.3) is 0 Å². The Balaban J connectivity index is 2.02. The van der Waals surface area contributed by atoms with Gasteiger partial charge in [-0.3, -0.25) is 4.79 Å². The molecule has 0 saturated carbocycles. The molecule has 0 spiro atoms. The standard InChI is InChI=1S/C16H15N3O4S/c1-11(23-14-4-2-3-12(9-14)10-17)16(20)19-13-5-7-15(8-6-13)24(18,21)22/h2-9,11H,1H3,(H,19,20)(H2,18,21,22)/t11-/m1/s1. The molecule has 2 rings (SSSR count). The Labute approximate surface area is 139 Å². The lowest BCUT2D eigenvalue weighted by Gasteiger charge is -2.15. The monoisotopic (exact) mass is 345 g/mol. The van der Waals surface area contributed by atoms with Crippen LogP contribution < -0.4 is 15.2 Å². The average Bonchev–Trinajstić information content (AvgIpc) is 2.54. The molecule has 0 heterocycles. The van der Waals surface area contributed by atoms with Crippen molar-refractivity contribution < 1.29 is 17.9 Å². The van der Waals surface area contributed by atoms with Gasteiger partial charge in [-0.1, -0.05) is 6.07 Å². The number of hydrogen-bond donors (Lipinski definition) is 2. The third-order valence-corrected chi connectivity index (χ3v) is 4.02. The maximum absolute atomic E-state index is 12.1. The zero-order chi connectivity index (χ0) is 17.7. The number of anilines is 1. The Morgan fingerprint density at radius 3 is 2.50 bits per heavy atom. The molecule has 0 aliphatic carbocycles. The Kier molecular flexibility index (Phi) is 5.18. The zero-order valence-corrected chi connectivity index (χ0v) is 13.6. The molecule has 2 aromatic rings. The van der Waals surface area contributed by atoms with Crippen LogP contribution in [-0.2, 0) is 14.8 Å². The van der Waals surface area contributed by atoms with E-state index < -0.39 is 22.0 Å². The van der Waals surface area contributed by atoms with Crippen molar-refractivity contribution in [3.8, 4) is 11.8 Å². The van der Waals surface area contributed by atoms with Gasteiger partial charge in [-0.2, -0.15) is 5.26 Å². The Bertz CT molecular complexity index is 886. The molecule has 7 nitrogen and oxygen atoms in total. The smallest absolute Gasteiger partial charge is 0.265 e. The molecule has 0 aliphatic rings. The van der Waals surface area contributed by atoms with E-state index in [0.717, 1.165) is 0 Å². The van der Waals surface area contributed by atoms with E-state index in [2.05, 4.69) is 5.32 Å². The van der Waals surface area contributed by atoms with E-state index >= 15 is 0 Å². The summed E-state index contributed by atoms with van der Waals surface area (Å²) in [5.41, 5.74) is 0.840. The summed E-state index contributed by atoms with van der Waals surface area (Å²) in [6.07, 6.45) is -0.808. The highest BCUT2D eigenvalue weighted by atomic mass is 32.2. The minimum absolute atomic E-state index is 0.0434. The van der Waals surface area contributed by atoms with Crippen molar-refractivity contribution in [1.82, 2.24) is 0 Å². The van der Waals surface area contributed by atoms with E-state index in [1.54, 1.807) is 25.1 Å². The predicted molar refractivity (Wildman–Crippen MR) is 87.7 cm³/mol. The van der Waals surface area contributed by atoms with Crippen molar-refractivity contribution in [3.63, 3.8) is 0 Å². The fourth-order valence-electron chi connectivity index (χ4n) is 1.87. The molecule has 3 N–H and O–H groups in total. The molecule has 0 saturated heterocycles. The molecule has 24 heavy (non-hydrogen) atoms. The van der Waals surface area contributed by atoms with Crippen molar-refractivity contribution >= 4 is 21.6 Å². The van der Waals surface area contributed by atoms with Crippen molar-refractivity contribution in [2.75, 3.05) is 5.32 Å². The number of nitrogens with zero attached hydrogens (tertiary/aromatic N) is 1. The summed E-state index contributed by atoms with van der Waals surface area (Å²) in [6.45, 7) is 1.56. The van der Waals surface area contributed by atoms with Gasteiger partial charge in [0.1, 0.15) is 5.75 Å². The number of carbonyl (C=O) groups excluding carboxylic acids is 1. The maximum Gasteiger partial charge on any atom is 0.265 e. The van der Waals surface area contributed by atoms with Crippen molar-refractivity contribution in [3.05, 3.63) is 54.1 Å². The Hall–Kier alpha value is -2.89. The lowest BCUT2D eigenvalue weighted by Crippen LogP contribution is -2.30. The number of hydrogen-bond acceptors (Lipinski definition) is 5. The minimum Gasteiger partial charge on any atom is -0.481 e. The van der Waals surface area contributed by atoms with Gasteiger partial charge in [0.15, 0.2) is 6.10 Å². The van der Waals surface area contributed by atoms with Crippen LogP contribution >= 0.6 is 0 Å². The molecule has 2 aromatic carbocycles. The summed E-state index contributed by atoms with van der Waals surface area (Å²) in [5, 5.41) is 16.5. The first-order chi connectivity index (χ1) is 11.3. The molecular formula is C16H15N3O4S. The van der Waals surface area contributed by atoms with Crippen molar-refractivity contribution in [1.29, 1.82) is 5.26 Å². The lowest BCUT2D eigenvalue weighted by atomic mass is 10.2. The highest BCUT2D eigenvalue weighted by Crippen LogP contribution is 2.16. The second-order valence-corrected chi connectivity index (χ2v) is 6.52. The summed E-state index contributed by atoms with van der Waals surface area (Å²) in [4.78, 5) is 12.1. The zero-order valence-electron chi connectivity index (χ0n) is 12.8. The summed E-state index contributed by atoms with van der Waals surface area (Å²) >= 11 is 0. The number of carbonyl (C=O) groups is 1. The van der Waals surface area contributed by atoms with Gasteiger partial charge in [0.05, 0.1) is 16.5 Å². The van der Waals surface area contributed by atoms with Crippen LogP contribution in [0.5, 0.6) is 5.75 Å². The Morgan fingerprint density at radius 1 is 1.25 bits per heavy atom. The number of benzene rings is 2. The number of nitrogens with one attached hydrogen (secondary N) is 1. The van der Waals surface area contributed by atoms with E-state index in [0.29, 0.717) is 17.0 Å². The number of nitrogens with two attached hydrogens (primary N) is 1. The molecule has 1 atom stereocenters. The Morgan fingerprint density at radius 2 is 1.92 bits per heavy atom. The van der Waals surface area contributed by atoms with E-state index in [4.69, 9.17) is 15.1 Å². The quantitative estimate of drug-likeness (QED) is 0.852. The van der Waals surface area contributed by atoms with E-state index in [1.165, 1.54) is 30.3 Å². The summed E-state index contributed by atoms with van der Waals surface area (Å²) in [5.74, 6) is -0.0120. The number of ether oxygens (including phenoxy) is 1. The fraction of sp³-hybridized carbons (Fsp3) is 0.125. The van der Waals surface area contributed by atoms with Crippen LogP contribution in [0, 0.1) is 11.3 Å². The molecule has 0 radical (unpaired) electrons. The normalized spacial score (nSPS) is 12.0. The topological polar surface area (TPSA) is 122 Å². The van der Waals surface area contributed by atoms with Crippen LogP contribution in [0.1, 0.15) is 12.5 Å². The van der Waals surface area contributed by atoms with E-state index in [1.807, 2.05) is 6.07 Å². The van der Waals surface area contributed by atoms with Crippen LogP contribution in [-0.4, -0.2) is 20.4 Å². The molecule has 0 unspecified atom stereocenters. The molecular weight excluding hydrogens is 330 g/mol. The van der Waals surface area contributed by atoms with Crippen LogP contribution in [0.2, 0.25) is 0 Å². The number of sulfonamides is 1. The average molecular weight is 345 g/mol. The van der Waals surface area contributed by atoms with Gasteiger partial charge in [0.25, 0.3) is 5.91 Å². The summed E-state index contributed by atoms with van der Waals surface area (Å²) < 4.78 is 27.8. The van der Waals surface area contributed by atoms with Crippen LogP contribution in [0.15, 0.2) is 53.4 Å². The highest BCUT2D eigenvalue weighted by Gasteiger charge is 2.15. The largest absolute Gasteiger partial charge is 0.481 e. The molecule has 0 bridgehead atoms. The number of primary sulfonamides is 1. The van der Waals surface area contributed by atoms with Crippen LogP contribution in [0.4, 0.5) is 5.69 Å². The molecule has 1 amide bonds. The first-order valence-electron chi connectivity index (χ1n) is 6.90. The van der Waals surface area contributed by atoms with Crippen molar-refractivity contribution in [2.45, 2.75) is 17.9 Å². The lowest BCUT2D eigenvalue weighted by molar-refractivity contribution is -0.122. The summed E-state index contributed by atoms with van der Waals surface area (Å²) in [6, 6.07) is 13.9. The number of nitriles is 1. The molecule has 0 fully saturated rings. The van der Waals surface area contributed by atoms with Gasteiger partial charge >= 0.3 is 0 Å². The number of amides is 1. The van der Waals surface area contributed by atoms with E-state index in [-0.39, 0.29) is 4.90 Å². The van der Waals surface area contributed by atoms with Gasteiger partial charge in [0, 0.05) is 5.69 Å². The molecule has 124 valence electrons.